The number of ketones is 1. The van der Waals surface area contributed by atoms with Crippen molar-refractivity contribution in [2.24, 2.45) is 46.7 Å². The molecule has 7 aliphatic rings. The smallest absolute Gasteiger partial charge is 0.315 e. The number of piperidine rings is 1. The highest BCUT2D eigenvalue weighted by molar-refractivity contribution is 6.37. The highest BCUT2D eigenvalue weighted by atomic mass is 16.2. The van der Waals surface area contributed by atoms with E-state index in [2.05, 4.69) is 41.9 Å². The lowest BCUT2D eigenvalue weighted by molar-refractivity contribution is -0.144. The van der Waals surface area contributed by atoms with Gasteiger partial charge in [0.05, 0.1) is 6.04 Å². The summed E-state index contributed by atoms with van der Waals surface area (Å²) in [5.41, 5.74) is 7.32. The van der Waals surface area contributed by atoms with E-state index in [-0.39, 0.29) is 47.1 Å². The maximum Gasteiger partial charge on any atom is 0.315 e. The van der Waals surface area contributed by atoms with Gasteiger partial charge in [-0.05, 0) is 110 Å². The predicted molar refractivity (Wildman–Crippen MR) is 171 cm³/mol. The number of hydrogen-bond donors (Lipinski definition) is 4. The number of hydrogen-bond acceptors (Lipinski definition) is 5. The van der Waals surface area contributed by atoms with E-state index in [1.54, 1.807) is 4.90 Å². The fourth-order valence-corrected chi connectivity index (χ4v) is 10.9. The van der Waals surface area contributed by atoms with Crippen LogP contribution in [0.25, 0.3) is 0 Å². The van der Waals surface area contributed by atoms with Gasteiger partial charge in [-0.15, -0.1) is 0 Å². The first-order valence-corrected chi connectivity index (χ1v) is 17.5. The number of likely N-dealkylation sites (tertiary alicyclic amines) is 1. The number of amides is 5. The van der Waals surface area contributed by atoms with Crippen molar-refractivity contribution in [3.63, 3.8) is 0 Å². The second-order valence-electron chi connectivity index (χ2n) is 16.2. The van der Waals surface area contributed by atoms with Gasteiger partial charge in [-0.25, -0.2) is 4.79 Å². The summed E-state index contributed by atoms with van der Waals surface area (Å²) in [6.45, 7) is 6.48. The Kier molecular flexibility index (Phi) is 7.71. The largest absolute Gasteiger partial charge is 0.363 e. The van der Waals surface area contributed by atoms with Gasteiger partial charge in [-0.2, -0.15) is 0 Å². The van der Waals surface area contributed by atoms with E-state index in [9.17, 15) is 24.0 Å². The first-order valence-electron chi connectivity index (χ1n) is 17.5. The number of Topliss-reactive ketones (excluding diaryl/α,β-unsaturated/α-hetero) is 1. The van der Waals surface area contributed by atoms with Crippen molar-refractivity contribution >= 4 is 29.5 Å². The van der Waals surface area contributed by atoms with E-state index in [1.807, 2.05) is 19.1 Å². The molecule has 5 atom stereocenters. The van der Waals surface area contributed by atoms with Crippen LogP contribution in [0.15, 0.2) is 24.3 Å². The van der Waals surface area contributed by atoms with Gasteiger partial charge < -0.3 is 26.6 Å². The fourth-order valence-electron chi connectivity index (χ4n) is 10.9. The Bertz CT molecular complexity index is 1400. The second kappa shape index (κ2) is 11.4. The van der Waals surface area contributed by atoms with Crippen LogP contribution in [0.2, 0.25) is 0 Å². The molecule has 6 aliphatic carbocycles. The fraction of sp³-hybridized carbons (Fsp3) is 0.694. The average Bonchev–Trinajstić information content (AvgIpc) is 3.35. The summed E-state index contributed by atoms with van der Waals surface area (Å²) in [6, 6.07) is 5.24. The summed E-state index contributed by atoms with van der Waals surface area (Å²) < 4.78 is 0. The van der Waals surface area contributed by atoms with Gasteiger partial charge in [0.1, 0.15) is 12.1 Å². The maximum atomic E-state index is 14.7. The molecule has 248 valence electrons. The summed E-state index contributed by atoms with van der Waals surface area (Å²) in [4.78, 5) is 68.5. The number of primary amides is 1. The Morgan fingerprint density at radius 3 is 2.07 bits per heavy atom. The lowest BCUT2D eigenvalue weighted by atomic mass is 9.53. The van der Waals surface area contributed by atoms with E-state index in [0.29, 0.717) is 43.6 Å². The number of fused-ring (bicyclic) bond motifs is 2. The lowest BCUT2D eigenvalue weighted by Crippen LogP contribution is -2.64. The van der Waals surface area contributed by atoms with E-state index in [4.69, 9.17) is 5.73 Å². The SMILES string of the molecule is CCCC(NC(=O)[C@@H]1[C@@H]2[C@H](CN1C(=O)[C@@H](NC(=O)NC13CC4CC(CC(C4)C1)C3)C1Cc3ccccc3C1)C2(C)C)C(=O)C(N)=O. The van der Waals surface area contributed by atoms with Gasteiger partial charge in [-0.3, -0.25) is 19.2 Å². The molecule has 0 aromatic heterocycles. The monoisotopic (exact) mass is 631 g/mol. The predicted octanol–water partition coefficient (Wildman–Crippen LogP) is 2.86. The lowest BCUT2D eigenvalue weighted by Gasteiger charge is -2.56. The molecule has 4 bridgehead atoms. The topological polar surface area (TPSA) is 151 Å². The molecule has 0 radical (unpaired) electrons. The van der Waals surface area contributed by atoms with Crippen LogP contribution < -0.4 is 21.7 Å². The highest BCUT2D eigenvalue weighted by Crippen LogP contribution is 2.65. The van der Waals surface area contributed by atoms with Crippen molar-refractivity contribution < 1.29 is 24.0 Å². The number of benzene rings is 1. The minimum Gasteiger partial charge on any atom is -0.363 e. The Morgan fingerprint density at radius 1 is 0.935 bits per heavy atom. The molecule has 1 unspecified atom stereocenters. The molecule has 5 amide bonds. The Morgan fingerprint density at radius 2 is 1.52 bits per heavy atom. The standard InChI is InChI=1S/C36H49N5O5/c1-4-7-26(30(42)31(37)43)38-32(44)29-27-25(35(27,2)3)18-41(29)33(45)28(24-13-22-8-5-6-9-23(22)14-24)39-34(46)40-36-15-19-10-20(16-36)12-21(11-19)17-36/h5-6,8-9,19-21,24-29H,4,7,10-18H2,1-3H3,(H2,37,43)(H,38,44)(H2,39,40,46)/t19?,20?,21?,25-,26?,27-,28-,29-,36?/m0/s1. The number of carbonyl (C=O) groups excluding carboxylic acids is 5. The van der Waals surface area contributed by atoms with E-state index < -0.39 is 35.7 Å². The van der Waals surface area contributed by atoms with Gasteiger partial charge in [0.2, 0.25) is 17.6 Å². The van der Waals surface area contributed by atoms with Crippen LogP contribution in [-0.4, -0.2) is 64.6 Å². The molecule has 46 heavy (non-hydrogen) atoms. The molecular formula is C36H49N5O5. The van der Waals surface area contributed by atoms with Crippen molar-refractivity contribution in [2.75, 3.05) is 6.54 Å². The number of rotatable bonds is 10. The molecule has 5 saturated carbocycles. The third-order valence-electron chi connectivity index (χ3n) is 12.7. The minimum absolute atomic E-state index is 0.0790. The zero-order valence-corrected chi connectivity index (χ0v) is 27.3. The van der Waals surface area contributed by atoms with Crippen LogP contribution in [-0.2, 0) is 32.0 Å². The zero-order valence-electron chi connectivity index (χ0n) is 27.3. The molecule has 5 N–H and O–H groups in total. The molecule has 8 rings (SSSR count). The molecule has 1 aliphatic heterocycles. The summed E-state index contributed by atoms with van der Waals surface area (Å²) in [5.74, 6) is -0.692. The minimum atomic E-state index is -1.09. The molecule has 1 aromatic rings. The van der Waals surface area contributed by atoms with Crippen molar-refractivity contribution in [3.05, 3.63) is 35.4 Å². The first kappa shape index (κ1) is 31.2. The van der Waals surface area contributed by atoms with Crippen LogP contribution in [0.1, 0.15) is 83.3 Å². The van der Waals surface area contributed by atoms with E-state index >= 15 is 0 Å². The summed E-state index contributed by atoms with van der Waals surface area (Å²) in [5, 5.41) is 9.34. The summed E-state index contributed by atoms with van der Waals surface area (Å²) in [7, 11) is 0. The zero-order chi connectivity index (χ0) is 32.5. The normalized spacial score (nSPS) is 34.3. The molecule has 10 heteroatoms. The average molecular weight is 632 g/mol. The maximum absolute atomic E-state index is 14.7. The van der Waals surface area contributed by atoms with Crippen molar-refractivity contribution in [1.29, 1.82) is 0 Å². The molecule has 0 spiro atoms. The highest BCUT2D eigenvalue weighted by Gasteiger charge is 2.70. The van der Waals surface area contributed by atoms with Gasteiger partial charge in [0.25, 0.3) is 5.91 Å². The van der Waals surface area contributed by atoms with Gasteiger partial charge >= 0.3 is 6.03 Å². The number of carbonyl (C=O) groups is 5. The molecule has 10 nitrogen and oxygen atoms in total. The van der Waals surface area contributed by atoms with Gasteiger partial charge in [0.15, 0.2) is 0 Å². The van der Waals surface area contributed by atoms with Crippen LogP contribution in [0.5, 0.6) is 0 Å². The Balaban J connectivity index is 1.13. The molecule has 1 saturated heterocycles. The number of nitrogens with zero attached hydrogens (tertiary/aromatic N) is 1. The van der Waals surface area contributed by atoms with Crippen molar-refractivity contribution in [3.8, 4) is 0 Å². The van der Waals surface area contributed by atoms with Crippen molar-refractivity contribution in [2.45, 2.75) is 109 Å². The van der Waals surface area contributed by atoms with Crippen LogP contribution >= 0.6 is 0 Å². The van der Waals surface area contributed by atoms with Crippen LogP contribution in [0.3, 0.4) is 0 Å². The second-order valence-corrected chi connectivity index (χ2v) is 16.2. The quantitative estimate of drug-likeness (QED) is 0.293. The number of urea groups is 1. The molecule has 6 fully saturated rings. The third-order valence-corrected chi connectivity index (χ3v) is 12.7. The van der Waals surface area contributed by atoms with Gasteiger partial charge in [0, 0.05) is 12.1 Å². The van der Waals surface area contributed by atoms with E-state index in [1.165, 1.54) is 30.4 Å². The molecular weight excluding hydrogens is 582 g/mol. The van der Waals surface area contributed by atoms with E-state index in [0.717, 1.165) is 19.3 Å². The van der Waals surface area contributed by atoms with Crippen molar-refractivity contribution in [1.82, 2.24) is 20.9 Å². The summed E-state index contributed by atoms with van der Waals surface area (Å²) >= 11 is 0. The van der Waals surface area contributed by atoms with Crippen LogP contribution in [0, 0.1) is 40.9 Å². The molecule has 1 aromatic carbocycles. The van der Waals surface area contributed by atoms with Gasteiger partial charge in [-0.1, -0.05) is 51.5 Å². The molecule has 1 heterocycles. The first-order chi connectivity index (χ1) is 21.9. The number of nitrogens with one attached hydrogen (secondary N) is 3. The Hall–Kier alpha value is -3.43. The summed E-state index contributed by atoms with van der Waals surface area (Å²) in [6.07, 6.45) is 9.02. The Labute approximate surface area is 271 Å². The third kappa shape index (κ3) is 5.39. The van der Waals surface area contributed by atoms with Crippen LogP contribution in [0.4, 0.5) is 4.79 Å². The number of nitrogens with two attached hydrogens (primary N) is 1.